The monoisotopic (exact) mass is 283 g/mol. The number of benzene rings is 1. The van der Waals surface area contributed by atoms with E-state index in [4.69, 9.17) is 5.73 Å². The predicted octanol–water partition coefficient (Wildman–Crippen LogP) is 3.01. The van der Waals surface area contributed by atoms with Gasteiger partial charge in [-0.25, -0.2) is 4.39 Å². The molecule has 1 rings (SSSR count). The third kappa shape index (κ3) is 7.72. The number of aliphatic imine (C=N–C) groups is 1. The van der Waals surface area contributed by atoms with Crippen LogP contribution >= 0.6 is 11.8 Å². The number of nitrogens with two attached hydrogens (primary N) is 1. The topological polar surface area (TPSA) is 50.4 Å². The van der Waals surface area contributed by atoms with Gasteiger partial charge < -0.3 is 11.1 Å². The third-order valence-electron chi connectivity index (χ3n) is 2.50. The molecular weight excluding hydrogens is 261 g/mol. The van der Waals surface area contributed by atoms with Crippen molar-refractivity contribution in [2.45, 2.75) is 31.1 Å². The van der Waals surface area contributed by atoms with Crippen molar-refractivity contribution in [1.29, 1.82) is 0 Å². The third-order valence-corrected chi connectivity index (χ3v) is 3.60. The molecule has 0 aliphatic rings. The summed E-state index contributed by atoms with van der Waals surface area (Å²) in [5.41, 5.74) is 5.71. The average molecular weight is 283 g/mol. The molecule has 0 bridgehead atoms. The fourth-order valence-electron chi connectivity index (χ4n) is 1.43. The van der Waals surface area contributed by atoms with Gasteiger partial charge in [-0.3, -0.25) is 4.99 Å². The van der Waals surface area contributed by atoms with E-state index in [2.05, 4.69) is 17.2 Å². The van der Waals surface area contributed by atoms with E-state index < -0.39 is 0 Å². The average Bonchev–Trinajstić information content (AvgIpc) is 2.41. The number of guanidine groups is 1. The Morgan fingerprint density at radius 1 is 1.32 bits per heavy atom. The van der Waals surface area contributed by atoms with E-state index in [1.54, 1.807) is 23.9 Å². The summed E-state index contributed by atoms with van der Waals surface area (Å²) in [6, 6.07) is 6.56. The Morgan fingerprint density at radius 2 is 2.05 bits per heavy atom. The van der Waals surface area contributed by atoms with Crippen LogP contribution in [-0.4, -0.2) is 24.8 Å². The molecule has 0 radical (unpaired) electrons. The van der Waals surface area contributed by atoms with Crippen molar-refractivity contribution in [3.8, 4) is 0 Å². The van der Waals surface area contributed by atoms with Gasteiger partial charge in [0.1, 0.15) is 5.82 Å². The Bertz CT molecular complexity index is 379. The fraction of sp³-hybridized carbons (Fsp3) is 0.500. The van der Waals surface area contributed by atoms with E-state index in [1.807, 2.05) is 0 Å². The minimum Gasteiger partial charge on any atom is -0.370 e. The van der Waals surface area contributed by atoms with Gasteiger partial charge in [0.05, 0.1) is 0 Å². The van der Waals surface area contributed by atoms with Crippen molar-refractivity contribution in [3.63, 3.8) is 0 Å². The lowest BCUT2D eigenvalue weighted by molar-refractivity contribution is 0.626. The standard InChI is InChI=1S/C14H22FN3S/c1-2-3-9-17-14(16)18-10-4-11-19-13-7-5-12(15)6-8-13/h5-8H,2-4,9-11H2,1H3,(H3,16,17,18). The first-order valence-corrected chi connectivity index (χ1v) is 7.63. The van der Waals surface area contributed by atoms with Gasteiger partial charge in [-0.05, 0) is 42.9 Å². The number of thioether (sulfide) groups is 1. The highest BCUT2D eigenvalue weighted by Crippen LogP contribution is 2.18. The molecule has 0 aliphatic heterocycles. The SMILES string of the molecule is CCCCNC(N)=NCCCSc1ccc(F)cc1. The molecule has 0 unspecified atom stereocenters. The number of nitrogens with zero attached hydrogens (tertiary/aromatic N) is 1. The van der Waals surface area contributed by atoms with E-state index in [1.165, 1.54) is 12.1 Å². The largest absolute Gasteiger partial charge is 0.370 e. The molecule has 1 aromatic carbocycles. The maximum atomic E-state index is 12.7. The Labute approximate surface area is 118 Å². The molecular formula is C14H22FN3S. The predicted molar refractivity (Wildman–Crippen MR) is 81.1 cm³/mol. The number of hydrogen-bond acceptors (Lipinski definition) is 2. The van der Waals surface area contributed by atoms with Crippen molar-refractivity contribution >= 4 is 17.7 Å². The summed E-state index contributed by atoms with van der Waals surface area (Å²) in [4.78, 5) is 5.33. The van der Waals surface area contributed by atoms with Crippen molar-refractivity contribution in [2.75, 3.05) is 18.8 Å². The van der Waals surface area contributed by atoms with Crippen molar-refractivity contribution < 1.29 is 4.39 Å². The molecule has 106 valence electrons. The summed E-state index contributed by atoms with van der Waals surface area (Å²) >= 11 is 1.71. The first kappa shape index (κ1) is 15.8. The molecule has 0 spiro atoms. The first-order valence-electron chi connectivity index (χ1n) is 6.64. The summed E-state index contributed by atoms with van der Waals surface area (Å²) in [5.74, 6) is 1.29. The fourth-order valence-corrected chi connectivity index (χ4v) is 2.27. The molecule has 0 heterocycles. The van der Waals surface area contributed by atoms with Crippen LogP contribution < -0.4 is 11.1 Å². The zero-order chi connectivity index (χ0) is 13.9. The zero-order valence-corrected chi connectivity index (χ0v) is 12.2. The number of hydrogen-bond donors (Lipinski definition) is 2. The van der Waals surface area contributed by atoms with Gasteiger partial charge in [0.25, 0.3) is 0 Å². The highest BCUT2D eigenvalue weighted by Gasteiger charge is 1.95. The van der Waals surface area contributed by atoms with E-state index in [0.717, 1.165) is 43.0 Å². The minimum atomic E-state index is -0.195. The Kier molecular flexibility index (Phi) is 8.05. The van der Waals surface area contributed by atoms with Crippen molar-refractivity contribution in [2.24, 2.45) is 10.7 Å². The lowest BCUT2D eigenvalue weighted by Crippen LogP contribution is -2.32. The second-order valence-electron chi connectivity index (χ2n) is 4.20. The Hall–Kier alpha value is -1.23. The summed E-state index contributed by atoms with van der Waals surface area (Å²) in [5, 5.41) is 3.08. The molecule has 0 saturated carbocycles. The number of halogens is 1. The van der Waals surface area contributed by atoms with E-state index >= 15 is 0 Å². The van der Waals surface area contributed by atoms with E-state index in [9.17, 15) is 4.39 Å². The molecule has 3 nitrogen and oxygen atoms in total. The lowest BCUT2D eigenvalue weighted by atomic mass is 10.3. The van der Waals surface area contributed by atoms with Crippen LogP contribution in [0.15, 0.2) is 34.2 Å². The number of nitrogens with one attached hydrogen (secondary N) is 1. The molecule has 1 aromatic rings. The molecule has 0 fully saturated rings. The van der Waals surface area contributed by atoms with Crippen LogP contribution in [-0.2, 0) is 0 Å². The zero-order valence-electron chi connectivity index (χ0n) is 11.4. The maximum absolute atomic E-state index is 12.7. The molecule has 0 saturated heterocycles. The van der Waals surface area contributed by atoms with Gasteiger partial charge >= 0.3 is 0 Å². The summed E-state index contributed by atoms with van der Waals surface area (Å²) in [6.45, 7) is 3.75. The quantitative estimate of drug-likeness (QED) is 0.334. The highest BCUT2D eigenvalue weighted by atomic mass is 32.2. The van der Waals surface area contributed by atoms with Gasteiger partial charge in [-0.15, -0.1) is 11.8 Å². The molecule has 0 amide bonds. The summed E-state index contributed by atoms with van der Waals surface area (Å²) < 4.78 is 12.7. The maximum Gasteiger partial charge on any atom is 0.188 e. The van der Waals surface area contributed by atoms with Crippen LogP contribution in [0.3, 0.4) is 0 Å². The number of rotatable bonds is 8. The van der Waals surface area contributed by atoms with Crippen LogP contribution in [0.2, 0.25) is 0 Å². The van der Waals surface area contributed by atoms with Crippen LogP contribution in [0.4, 0.5) is 4.39 Å². The Morgan fingerprint density at radius 3 is 2.74 bits per heavy atom. The smallest absolute Gasteiger partial charge is 0.188 e. The van der Waals surface area contributed by atoms with Gasteiger partial charge in [-0.1, -0.05) is 13.3 Å². The van der Waals surface area contributed by atoms with Gasteiger partial charge in [-0.2, -0.15) is 0 Å². The van der Waals surface area contributed by atoms with Crippen LogP contribution in [0, 0.1) is 5.82 Å². The van der Waals surface area contributed by atoms with Gasteiger partial charge in [0.15, 0.2) is 5.96 Å². The number of unbranched alkanes of at least 4 members (excludes halogenated alkanes) is 1. The van der Waals surface area contributed by atoms with Gasteiger partial charge in [0.2, 0.25) is 0 Å². The van der Waals surface area contributed by atoms with Gasteiger partial charge in [0, 0.05) is 18.0 Å². The van der Waals surface area contributed by atoms with Crippen LogP contribution in [0.1, 0.15) is 26.2 Å². The molecule has 3 N–H and O–H groups in total. The van der Waals surface area contributed by atoms with E-state index in [-0.39, 0.29) is 5.82 Å². The van der Waals surface area contributed by atoms with Crippen LogP contribution in [0.5, 0.6) is 0 Å². The lowest BCUT2D eigenvalue weighted by Gasteiger charge is -2.04. The molecule has 0 atom stereocenters. The normalized spacial score (nSPS) is 11.6. The highest BCUT2D eigenvalue weighted by molar-refractivity contribution is 7.99. The molecule has 0 aliphatic carbocycles. The van der Waals surface area contributed by atoms with Crippen molar-refractivity contribution in [1.82, 2.24) is 5.32 Å². The minimum absolute atomic E-state index is 0.195. The first-order chi connectivity index (χ1) is 9.22. The molecule has 5 heteroatoms. The van der Waals surface area contributed by atoms with E-state index in [0.29, 0.717) is 5.96 Å². The summed E-state index contributed by atoms with van der Waals surface area (Å²) in [6.07, 6.45) is 3.21. The second-order valence-corrected chi connectivity index (χ2v) is 5.37. The van der Waals surface area contributed by atoms with Crippen molar-refractivity contribution in [3.05, 3.63) is 30.1 Å². The summed E-state index contributed by atoms with van der Waals surface area (Å²) in [7, 11) is 0. The van der Waals surface area contributed by atoms with Crippen LogP contribution in [0.25, 0.3) is 0 Å². The second kappa shape index (κ2) is 9.67. The Balaban J connectivity index is 2.10. The molecule has 0 aromatic heterocycles. The molecule has 19 heavy (non-hydrogen) atoms.